The molecule has 0 bridgehead atoms. The van der Waals surface area contributed by atoms with Crippen LogP contribution in [-0.4, -0.2) is 25.1 Å². The van der Waals surface area contributed by atoms with E-state index in [2.05, 4.69) is 10.6 Å². The molecule has 2 rings (SSSR count). The highest BCUT2D eigenvalue weighted by molar-refractivity contribution is 6.33. The summed E-state index contributed by atoms with van der Waals surface area (Å²) < 4.78 is 5.18. The van der Waals surface area contributed by atoms with Crippen molar-refractivity contribution in [2.24, 2.45) is 0 Å². The van der Waals surface area contributed by atoms with Crippen LogP contribution >= 0.6 is 11.6 Å². The number of nitrogens with one attached hydrogen (secondary N) is 2. The Balaban J connectivity index is 1.76. The Labute approximate surface area is 139 Å². The average molecular weight is 336 g/mol. The van der Waals surface area contributed by atoms with Gasteiger partial charge in [0.05, 0.1) is 22.7 Å². The van der Waals surface area contributed by atoms with Crippen molar-refractivity contribution in [3.63, 3.8) is 0 Å². The Morgan fingerprint density at radius 1 is 1.22 bits per heavy atom. The van der Waals surface area contributed by atoms with Crippen LogP contribution in [0.3, 0.4) is 0 Å². The summed E-state index contributed by atoms with van der Waals surface area (Å²) in [5.41, 5.74) is 1.80. The minimum Gasteiger partial charge on any atom is -0.497 e. The van der Waals surface area contributed by atoms with E-state index in [4.69, 9.17) is 16.3 Å². The number of methoxy groups -OCH3 is 1. The van der Waals surface area contributed by atoms with Gasteiger partial charge < -0.3 is 15.4 Å². The predicted octanol–water partition coefficient (Wildman–Crippen LogP) is 3.46. The molecule has 2 N–H and O–H groups in total. The van der Waals surface area contributed by atoms with Gasteiger partial charge >= 0.3 is 0 Å². The summed E-state index contributed by atoms with van der Waals surface area (Å²) in [7, 11) is 1.64. The van der Waals surface area contributed by atoms with Crippen LogP contribution in [0.15, 0.2) is 42.5 Å². The molecule has 0 spiro atoms. The van der Waals surface area contributed by atoms with E-state index in [9.17, 15) is 10.1 Å². The molecule has 0 atom stereocenters. The van der Waals surface area contributed by atoms with Crippen molar-refractivity contribution >= 4 is 23.0 Å². The second kappa shape index (κ2) is 8.36. The second-order valence-corrected chi connectivity index (χ2v) is 5.28. The predicted molar refractivity (Wildman–Crippen MR) is 91.3 cm³/mol. The molecule has 2 aromatic carbocycles. The summed E-state index contributed by atoms with van der Waals surface area (Å²) in [5.74, 6) is 0.833. The third-order valence-corrected chi connectivity index (χ3v) is 3.56. The first-order valence-corrected chi connectivity index (χ1v) is 7.49. The van der Waals surface area contributed by atoms with E-state index in [1.54, 1.807) is 13.2 Å². The lowest BCUT2D eigenvalue weighted by Crippen LogP contribution is -2.21. The van der Waals surface area contributed by atoms with Crippen molar-refractivity contribution in [3.8, 4) is 5.75 Å². The number of nitro benzene ring substituents is 1. The van der Waals surface area contributed by atoms with Crippen molar-refractivity contribution in [2.45, 2.75) is 6.54 Å². The Morgan fingerprint density at radius 2 is 2.04 bits per heavy atom. The maximum atomic E-state index is 10.7. The van der Waals surface area contributed by atoms with Gasteiger partial charge in [-0.05, 0) is 23.8 Å². The fourth-order valence-electron chi connectivity index (χ4n) is 2.06. The van der Waals surface area contributed by atoms with Crippen molar-refractivity contribution in [1.82, 2.24) is 5.32 Å². The Morgan fingerprint density at radius 3 is 2.74 bits per heavy atom. The lowest BCUT2D eigenvalue weighted by molar-refractivity contribution is -0.384. The maximum Gasteiger partial charge on any atom is 0.271 e. The van der Waals surface area contributed by atoms with Crippen LogP contribution in [-0.2, 0) is 6.54 Å². The Hall–Kier alpha value is -2.31. The normalized spacial score (nSPS) is 10.3. The molecular weight excluding hydrogens is 318 g/mol. The quantitative estimate of drug-likeness (QED) is 0.439. The van der Waals surface area contributed by atoms with E-state index in [1.807, 2.05) is 24.3 Å². The van der Waals surface area contributed by atoms with Crippen LogP contribution in [0.4, 0.5) is 11.4 Å². The summed E-state index contributed by atoms with van der Waals surface area (Å²) in [6, 6.07) is 12.2. The Kier molecular flexibility index (Phi) is 6.19. The lowest BCUT2D eigenvalue weighted by Gasteiger charge is -2.10. The van der Waals surface area contributed by atoms with E-state index in [0.29, 0.717) is 17.3 Å². The first-order valence-electron chi connectivity index (χ1n) is 7.11. The van der Waals surface area contributed by atoms with Crippen LogP contribution < -0.4 is 15.4 Å². The lowest BCUT2D eigenvalue weighted by atomic mass is 10.2. The molecule has 6 nitrogen and oxygen atoms in total. The topological polar surface area (TPSA) is 76.4 Å². The number of anilines is 1. The van der Waals surface area contributed by atoms with Crippen LogP contribution in [0.2, 0.25) is 5.02 Å². The zero-order valence-corrected chi connectivity index (χ0v) is 13.5. The molecule has 122 valence electrons. The molecule has 0 aromatic heterocycles. The number of halogens is 1. The molecular formula is C16H18ClN3O3. The highest BCUT2D eigenvalue weighted by Gasteiger charge is 2.08. The minimum atomic E-state index is -0.467. The number of nitro groups is 1. The maximum absolute atomic E-state index is 10.7. The highest BCUT2D eigenvalue weighted by Crippen LogP contribution is 2.26. The van der Waals surface area contributed by atoms with E-state index >= 15 is 0 Å². The monoisotopic (exact) mass is 335 g/mol. The zero-order valence-electron chi connectivity index (χ0n) is 12.7. The van der Waals surface area contributed by atoms with Crippen molar-refractivity contribution < 1.29 is 9.66 Å². The molecule has 0 radical (unpaired) electrons. The number of non-ortho nitro benzene ring substituents is 1. The van der Waals surface area contributed by atoms with Crippen LogP contribution in [0.1, 0.15) is 5.56 Å². The van der Waals surface area contributed by atoms with Gasteiger partial charge in [-0.3, -0.25) is 10.1 Å². The highest BCUT2D eigenvalue weighted by atomic mass is 35.5. The van der Waals surface area contributed by atoms with Gasteiger partial charge in [0.15, 0.2) is 0 Å². The third kappa shape index (κ3) is 5.12. The Bertz CT molecular complexity index is 679. The average Bonchev–Trinajstić information content (AvgIpc) is 2.55. The largest absolute Gasteiger partial charge is 0.497 e. The van der Waals surface area contributed by atoms with Crippen molar-refractivity contribution in [2.75, 3.05) is 25.5 Å². The number of hydrogen-bond donors (Lipinski definition) is 2. The van der Waals surface area contributed by atoms with Crippen LogP contribution in [0.5, 0.6) is 5.75 Å². The molecule has 0 unspecified atom stereocenters. The molecule has 0 saturated carbocycles. The van der Waals surface area contributed by atoms with Gasteiger partial charge in [0.25, 0.3) is 5.69 Å². The first kappa shape index (κ1) is 17.1. The van der Waals surface area contributed by atoms with Crippen molar-refractivity contribution in [3.05, 3.63) is 63.2 Å². The van der Waals surface area contributed by atoms with Crippen LogP contribution in [0, 0.1) is 10.1 Å². The molecule has 0 aliphatic heterocycles. The number of ether oxygens (including phenoxy) is 1. The standard InChI is InChI=1S/C16H18ClN3O3/c1-23-14-4-2-3-12(9-14)11-18-7-8-19-16-6-5-13(20(21)22)10-15(16)17/h2-6,9-10,18-19H,7-8,11H2,1H3. The van der Waals surface area contributed by atoms with E-state index in [0.717, 1.165) is 24.4 Å². The van der Waals surface area contributed by atoms with Gasteiger partial charge in [0.2, 0.25) is 0 Å². The fourth-order valence-corrected chi connectivity index (χ4v) is 2.30. The zero-order chi connectivity index (χ0) is 16.7. The molecule has 2 aromatic rings. The van der Waals surface area contributed by atoms with Gasteiger partial charge in [-0.25, -0.2) is 0 Å². The molecule has 0 aliphatic carbocycles. The molecule has 0 aliphatic rings. The molecule has 23 heavy (non-hydrogen) atoms. The fraction of sp³-hybridized carbons (Fsp3) is 0.250. The first-order chi connectivity index (χ1) is 11.1. The number of rotatable bonds is 8. The SMILES string of the molecule is COc1cccc(CNCCNc2ccc([N+](=O)[O-])cc2Cl)c1. The number of hydrogen-bond acceptors (Lipinski definition) is 5. The second-order valence-electron chi connectivity index (χ2n) is 4.88. The van der Waals surface area contributed by atoms with E-state index in [1.165, 1.54) is 12.1 Å². The molecule has 7 heteroatoms. The molecule has 0 fully saturated rings. The summed E-state index contributed by atoms with van der Waals surface area (Å²) >= 11 is 6.01. The van der Waals surface area contributed by atoms with Crippen LogP contribution in [0.25, 0.3) is 0 Å². The summed E-state index contributed by atoms with van der Waals surface area (Å²) in [5, 5.41) is 17.4. The van der Waals surface area contributed by atoms with Gasteiger partial charge in [-0.1, -0.05) is 23.7 Å². The summed E-state index contributed by atoms with van der Waals surface area (Å²) in [4.78, 5) is 10.2. The number of benzene rings is 2. The molecule has 0 amide bonds. The van der Waals surface area contributed by atoms with E-state index in [-0.39, 0.29) is 5.69 Å². The summed E-state index contributed by atoms with van der Waals surface area (Å²) in [6.45, 7) is 2.11. The molecule has 0 heterocycles. The minimum absolute atomic E-state index is 0.0169. The van der Waals surface area contributed by atoms with Crippen molar-refractivity contribution in [1.29, 1.82) is 0 Å². The van der Waals surface area contributed by atoms with Gasteiger partial charge in [0.1, 0.15) is 5.75 Å². The third-order valence-electron chi connectivity index (χ3n) is 3.24. The smallest absolute Gasteiger partial charge is 0.271 e. The van der Waals surface area contributed by atoms with Gasteiger partial charge in [-0.15, -0.1) is 0 Å². The number of nitrogens with zero attached hydrogens (tertiary/aromatic N) is 1. The van der Waals surface area contributed by atoms with E-state index < -0.39 is 4.92 Å². The van der Waals surface area contributed by atoms with Gasteiger partial charge in [0, 0.05) is 31.8 Å². The summed E-state index contributed by atoms with van der Waals surface area (Å²) in [6.07, 6.45) is 0. The van der Waals surface area contributed by atoms with Gasteiger partial charge in [-0.2, -0.15) is 0 Å². The molecule has 0 saturated heterocycles.